The average Bonchev–Trinajstić information content (AvgIpc) is 3.16. The van der Waals surface area contributed by atoms with Crippen LogP contribution in [0.15, 0.2) is 53.1 Å². The molecule has 22 heavy (non-hydrogen) atoms. The monoisotopic (exact) mass is 375 g/mol. The molecule has 120 valence electrons. The molecule has 0 atom stereocenters. The number of fused-ring (bicyclic) bond motifs is 1. The first-order valence-corrected chi connectivity index (χ1v) is 9.46. The molecule has 3 rings (SSSR count). The van der Waals surface area contributed by atoms with Crippen molar-refractivity contribution in [2.45, 2.75) is 17.9 Å². The topological polar surface area (TPSA) is 3.24 Å². The normalized spacial score (nSPS) is 13.0. The molecule has 0 unspecified atom stereocenters. The summed E-state index contributed by atoms with van der Waals surface area (Å²) in [5, 5.41) is 3.62. The van der Waals surface area contributed by atoms with Crippen LogP contribution in [0.4, 0.5) is 3.89 Å². The van der Waals surface area contributed by atoms with Crippen LogP contribution in [0.2, 0.25) is 4.34 Å². The molecule has 1 aliphatic heterocycles. The summed E-state index contributed by atoms with van der Waals surface area (Å²) in [6.07, 6.45) is 4.44. The standard InChI is InChI=1S/C8H10ClNS.C4H3FS2.C4H6/c1-10-3-2-6-4-8(9)11-7(6)5-10;5-7-4-1-2-6-3-4;1-3-4-2/h4H,2-3,5H2,1H3;1-3H;3-4H,1-2H2. The molecule has 0 aromatic carbocycles. The molecule has 0 saturated heterocycles. The Morgan fingerprint density at radius 2 is 2.14 bits per heavy atom. The van der Waals surface area contributed by atoms with Gasteiger partial charge < -0.3 is 4.90 Å². The Kier molecular flexibility index (Phi) is 9.75. The molecule has 2 aromatic rings. The number of likely N-dealkylation sites (N-methyl/N-ethyl adjacent to an activating group) is 1. The molecule has 6 heteroatoms. The minimum absolute atomic E-state index is 0.286. The third kappa shape index (κ3) is 7.11. The predicted octanol–water partition coefficient (Wildman–Crippen LogP) is 6.47. The van der Waals surface area contributed by atoms with E-state index in [9.17, 15) is 3.89 Å². The Morgan fingerprint density at radius 1 is 1.41 bits per heavy atom. The highest BCUT2D eigenvalue weighted by atomic mass is 35.5. The molecule has 0 fully saturated rings. The number of thiophene rings is 2. The largest absolute Gasteiger partial charge is 0.301 e. The van der Waals surface area contributed by atoms with Crippen molar-refractivity contribution >= 4 is 46.4 Å². The van der Waals surface area contributed by atoms with Crippen molar-refractivity contribution in [1.82, 2.24) is 4.90 Å². The van der Waals surface area contributed by atoms with E-state index in [1.54, 1.807) is 34.9 Å². The third-order valence-corrected chi connectivity index (χ3v) is 5.35. The summed E-state index contributed by atoms with van der Waals surface area (Å²) >= 11 is 9.41. The van der Waals surface area contributed by atoms with Gasteiger partial charge in [0.2, 0.25) is 0 Å². The zero-order valence-corrected chi connectivity index (χ0v) is 15.6. The van der Waals surface area contributed by atoms with Gasteiger partial charge >= 0.3 is 0 Å². The second-order valence-electron chi connectivity index (χ2n) is 4.49. The molecule has 0 amide bonds. The van der Waals surface area contributed by atoms with Crippen LogP contribution in [-0.2, 0) is 13.0 Å². The molecule has 0 aliphatic carbocycles. The van der Waals surface area contributed by atoms with E-state index in [-0.39, 0.29) is 12.1 Å². The number of allylic oxidation sites excluding steroid dienone is 2. The Morgan fingerprint density at radius 3 is 2.64 bits per heavy atom. The summed E-state index contributed by atoms with van der Waals surface area (Å²) in [5.41, 5.74) is 1.46. The number of hydrogen-bond acceptors (Lipinski definition) is 4. The van der Waals surface area contributed by atoms with Gasteiger partial charge in [-0.2, -0.15) is 15.2 Å². The SMILES string of the molecule is C=CC=C.CN1CCc2cc(Cl)sc2C1.FSc1ccsc1. The van der Waals surface area contributed by atoms with Gasteiger partial charge in [0, 0.05) is 23.3 Å². The smallest absolute Gasteiger partial charge is 0.0934 e. The van der Waals surface area contributed by atoms with E-state index in [1.807, 2.05) is 5.38 Å². The number of hydrogen-bond donors (Lipinski definition) is 0. The van der Waals surface area contributed by atoms with Gasteiger partial charge in [0.1, 0.15) is 0 Å². The van der Waals surface area contributed by atoms with Crippen LogP contribution in [0.1, 0.15) is 10.4 Å². The van der Waals surface area contributed by atoms with Gasteiger partial charge in [-0.3, -0.25) is 0 Å². The molecule has 1 nitrogen and oxygen atoms in total. The highest BCUT2D eigenvalue weighted by Gasteiger charge is 2.15. The lowest BCUT2D eigenvalue weighted by Crippen LogP contribution is -2.24. The second kappa shape index (κ2) is 11.0. The Hall–Kier alpha value is -0.590. The Bertz CT molecular complexity index is 560. The van der Waals surface area contributed by atoms with Crippen molar-refractivity contribution in [2.75, 3.05) is 13.6 Å². The van der Waals surface area contributed by atoms with Crippen molar-refractivity contribution in [3.05, 3.63) is 63.0 Å². The summed E-state index contributed by atoms with van der Waals surface area (Å²) in [7, 11) is 2.15. The highest BCUT2D eigenvalue weighted by Crippen LogP contribution is 2.30. The highest BCUT2D eigenvalue weighted by molar-refractivity contribution is 7.94. The molecule has 0 saturated carbocycles. The van der Waals surface area contributed by atoms with E-state index < -0.39 is 0 Å². The van der Waals surface area contributed by atoms with Crippen LogP contribution < -0.4 is 0 Å². The zero-order chi connectivity index (χ0) is 16.4. The number of nitrogens with zero attached hydrogens (tertiary/aromatic N) is 1. The van der Waals surface area contributed by atoms with Crippen LogP contribution >= 0.6 is 46.4 Å². The molecule has 0 spiro atoms. The maximum atomic E-state index is 11.5. The lowest BCUT2D eigenvalue weighted by Gasteiger charge is -2.21. The summed E-state index contributed by atoms with van der Waals surface area (Å²) in [6, 6.07) is 3.85. The van der Waals surface area contributed by atoms with E-state index in [4.69, 9.17) is 11.6 Å². The van der Waals surface area contributed by atoms with Gasteiger partial charge in [-0.15, -0.1) is 11.3 Å². The van der Waals surface area contributed by atoms with Crippen LogP contribution in [0.5, 0.6) is 0 Å². The van der Waals surface area contributed by atoms with Gasteiger partial charge in [-0.1, -0.05) is 36.9 Å². The molecule has 2 aromatic heterocycles. The minimum atomic E-state index is 0.286. The fraction of sp³-hybridized carbons (Fsp3) is 0.250. The molecule has 0 radical (unpaired) electrons. The molecular weight excluding hydrogens is 357 g/mol. The molecular formula is C16H19ClFNS3. The molecule has 0 N–H and O–H groups in total. The van der Waals surface area contributed by atoms with Crippen molar-refractivity contribution in [1.29, 1.82) is 0 Å². The molecule has 1 aliphatic rings. The second-order valence-corrected chi connectivity index (χ2v) is 7.67. The Balaban J connectivity index is 0.000000190. The maximum absolute atomic E-state index is 11.5. The quantitative estimate of drug-likeness (QED) is 0.553. The molecule has 3 heterocycles. The Labute approximate surface area is 149 Å². The van der Waals surface area contributed by atoms with Gasteiger partial charge in [0.15, 0.2) is 0 Å². The van der Waals surface area contributed by atoms with E-state index in [0.29, 0.717) is 4.90 Å². The number of halogens is 2. The average molecular weight is 376 g/mol. The van der Waals surface area contributed by atoms with E-state index in [0.717, 1.165) is 17.3 Å². The predicted molar refractivity (Wildman–Crippen MR) is 101 cm³/mol. The summed E-state index contributed by atoms with van der Waals surface area (Å²) < 4.78 is 12.4. The van der Waals surface area contributed by atoms with Crippen molar-refractivity contribution in [3.63, 3.8) is 0 Å². The van der Waals surface area contributed by atoms with Crippen LogP contribution in [-0.4, -0.2) is 18.5 Å². The van der Waals surface area contributed by atoms with Gasteiger partial charge in [0.25, 0.3) is 0 Å². The first-order chi connectivity index (χ1) is 10.6. The summed E-state index contributed by atoms with van der Waals surface area (Å²) in [4.78, 5) is 4.48. The van der Waals surface area contributed by atoms with Crippen molar-refractivity contribution in [2.24, 2.45) is 0 Å². The first-order valence-electron chi connectivity index (χ1n) is 6.60. The summed E-state index contributed by atoms with van der Waals surface area (Å²) in [6.45, 7) is 8.97. The fourth-order valence-corrected chi connectivity index (χ4v) is 4.17. The third-order valence-electron chi connectivity index (χ3n) is 2.79. The van der Waals surface area contributed by atoms with Gasteiger partial charge in [-0.25, -0.2) is 0 Å². The lowest BCUT2D eigenvalue weighted by molar-refractivity contribution is 0.317. The summed E-state index contributed by atoms with van der Waals surface area (Å²) in [5.74, 6) is 0. The van der Waals surface area contributed by atoms with E-state index in [1.165, 1.54) is 28.3 Å². The zero-order valence-electron chi connectivity index (χ0n) is 12.4. The van der Waals surface area contributed by atoms with E-state index in [2.05, 4.69) is 31.2 Å². The van der Waals surface area contributed by atoms with Gasteiger partial charge in [-0.05, 0) is 36.5 Å². The van der Waals surface area contributed by atoms with Crippen LogP contribution in [0, 0.1) is 0 Å². The van der Waals surface area contributed by atoms with Crippen LogP contribution in [0.25, 0.3) is 0 Å². The maximum Gasteiger partial charge on any atom is 0.0934 e. The van der Waals surface area contributed by atoms with Crippen molar-refractivity contribution < 1.29 is 3.89 Å². The lowest BCUT2D eigenvalue weighted by atomic mass is 10.1. The van der Waals surface area contributed by atoms with Gasteiger partial charge in [0.05, 0.1) is 21.4 Å². The van der Waals surface area contributed by atoms with Crippen molar-refractivity contribution in [3.8, 4) is 0 Å². The first kappa shape index (κ1) is 19.5. The van der Waals surface area contributed by atoms with E-state index >= 15 is 0 Å². The van der Waals surface area contributed by atoms with Crippen LogP contribution in [0.3, 0.4) is 0 Å². The minimum Gasteiger partial charge on any atom is -0.301 e. The fourth-order valence-electron chi connectivity index (χ4n) is 1.71. The molecule has 0 bridgehead atoms. The number of rotatable bonds is 2.